The van der Waals surface area contributed by atoms with Gasteiger partial charge in [0, 0.05) is 34.4 Å². The molecule has 1 aromatic heterocycles. The highest BCUT2D eigenvalue weighted by atomic mass is 35.5. The van der Waals surface area contributed by atoms with E-state index in [1.807, 2.05) is 18.2 Å². The first-order valence-corrected chi connectivity index (χ1v) is 11.7. The molecule has 1 amide bonds. The molecule has 182 valence electrons. The Kier molecular flexibility index (Phi) is 7.43. The summed E-state index contributed by atoms with van der Waals surface area (Å²) in [5, 5.41) is 6.64. The predicted octanol–water partition coefficient (Wildman–Crippen LogP) is 5.61. The van der Waals surface area contributed by atoms with E-state index in [4.69, 9.17) is 23.2 Å². The molecule has 3 aromatic carbocycles. The molecule has 0 unspecified atom stereocenters. The molecule has 0 aliphatic rings. The molecule has 36 heavy (non-hydrogen) atoms. The van der Waals surface area contributed by atoms with Crippen molar-refractivity contribution in [2.24, 2.45) is 7.05 Å². The van der Waals surface area contributed by atoms with Gasteiger partial charge in [0.05, 0.1) is 11.4 Å². The third-order valence-electron chi connectivity index (χ3n) is 5.56. The molecular formula is C27H22Cl2N4O3. The van der Waals surface area contributed by atoms with Crippen molar-refractivity contribution in [1.29, 1.82) is 0 Å². The summed E-state index contributed by atoms with van der Waals surface area (Å²) in [7, 11) is 1.74. The summed E-state index contributed by atoms with van der Waals surface area (Å²) in [6.45, 7) is 1.75. The minimum Gasteiger partial charge on any atom is -0.345 e. The highest BCUT2D eigenvalue weighted by Crippen LogP contribution is 2.19. The van der Waals surface area contributed by atoms with Crippen LogP contribution in [0.15, 0.2) is 95.4 Å². The van der Waals surface area contributed by atoms with E-state index in [2.05, 4.69) is 10.6 Å². The van der Waals surface area contributed by atoms with Crippen LogP contribution in [-0.2, 0) is 11.8 Å². The van der Waals surface area contributed by atoms with Crippen molar-refractivity contribution in [1.82, 2.24) is 9.36 Å². The zero-order valence-electron chi connectivity index (χ0n) is 19.5. The Bertz CT molecular complexity index is 1500. The van der Waals surface area contributed by atoms with E-state index in [1.54, 1.807) is 79.3 Å². The molecule has 2 N–H and O–H groups in total. The first kappa shape index (κ1) is 25.0. The fourth-order valence-electron chi connectivity index (χ4n) is 3.57. The van der Waals surface area contributed by atoms with Crippen LogP contribution in [0.5, 0.6) is 0 Å². The summed E-state index contributed by atoms with van der Waals surface area (Å²) < 4.78 is 3.16. The third-order valence-corrected chi connectivity index (χ3v) is 6.07. The van der Waals surface area contributed by atoms with E-state index in [1.165, 1.54) is 4.68 Å². The van der Waals surface area contributed by atoms with Crippen molar-refractivity contribution in [3.8, 4) is 5.69 Å². The molecule has 4 rings (SSSR count). The lowest BCUT2D eigenvalue weighted by Gasteiger charge is -2.11. The number of carbonyl (C=O) groups is 2. The molecule has 0 radical (unpaired) electrons. The summed E-state index contributed by atoms with van der Waals surface area (Å²) >= 11 is 11.9. The maximum atomic E-state index is 13.4. The van der Waals surface area contributed by atoms with Gasteiger partial charge >= 0.3 is 0 Å². The average Bonchev–Trinajstić information content (AvgIpc) is 3.08. The van der Waals surface area contributed by atoms with Crippen LogP contribution in [0.1, 0.15) is 16.1 Å². The molecule has 0 saturated carbocycles. The van der Waals surface area contributed by atoms with Crippen molar-refractivity contribution in [3.05, 3.63) is 122 Å². The lowest BCUT2D eigenvalue weighted by atomic mass is 10.1. The SMILES string of the molecule is Cc1c(NC(=CC(=O)c2ccc(Cl)cc2)C(=O)Nc2ccc(Cl)cc2)c(=O)n(-c2ccccc2)n1C. The fraction of sp³-hybridized carbons (Fsp3) is 0.0741. The second kappa shape index (κ2) is 10.7. The quantitative estimate of drug-likeness (QED) is 0.245. The molecule has 4 aromatic rings. The second-order valence-corrected chi connectivity index (χ2v) is 8.82. The van der Waals surface area contributed by atoms with E-state index in [0.717, 1.165) is 6.08 Å². The van der Waals surface area contributed by atoms with E-state index >= 15 is 0 Å². The van der Waals surface area contributed by atoms with E-state index in [-0.39, 0.29) is 16.9 Å². The number of halogens is 2. The first-order valence-electron chi connectivity index (χ1n) is 10.9. The van der Waals surface area contributed by atoms with Crippen LogP contribution in [0.25, 0.3) is 5.69 Å². The number of nitrogens with zero attached hydrogens (tertiary/aromatic N) is 2. The van der Waals surface area contributed by atoms with Crippen LogP contribution >= 0.6 is 23.2 Å². The number of carbonyl (C=O) groups excluding carboxylic acids is 2. The summed E-state index contributed by atoms with van der Waals surface area (Å²) in [5.74, 6) is -1.04. The average molecular weight is 521 g/mol. The Morgan fingerprint density at radius 2 is 1.42 bits per heavy atom. The van der Waals surface area contributed by atoms with Gasteiger partial charge in [0.25, 0.3) is 11.5 Å². The summed E-state index contributed by atoms with van der Waals surface area (Å²) in [6, 6.07) is 21.9. The Hall–Kier alpha value is -4.07. The first-order chi connectivity index (χ1) is 17.2. The molecule has 1 heterocycles. The van der Waals surface area contributed by atoms with Gasteiger partial charge in [0.2, 0.25) is 0 Å². The van der Waals surface area contributed by atoms with Gasteiger partial charge < -0.3 is 10.6 Å². The summed E-state index contributed by atoms with van der Waals surface area (Å²) in [5.41, 5.74) is 1.75. The van der Waals surface area contributed by atoms with Gasteiger partial charge in [-0.15, -0.1) is 0 Å². The van der Waals surface area contributed by atoms with Gasteiger partial charge in [-0.05, 0) is 67.6 Å². The number of benzene rings is 3. The van der Waals surface area contributed by atoms with E-state index < -0.39 is 11.7 Å². The van der Waals surface area contributed by atoms with Crippen molar-refractivity contribution >= 4 is 46.3 Å². The molecule has 0 bridgehead atoms. The van der Waals surface area contributed by atoms with Gasteiger partial charge in [-0.3, -0.25) is 19.1 Å². The van der Waals surface area contributed by atoms with Crippen LogP contribution in [0.3, 0.4) is 0 Å². The molecule has 0 atom stereocenters. The highest BCUT2D eigenvalue weighted by molar-refractivity contribution is 6.31. The standard InChI is InChI=1S/C27H22Cl2N4O3/c1-17-25(27(36)33(32(17)2)22-6-4-3-5-7-22)31-23(16-24(34)18-8-10-19(28)11-9-18)26(35)30-21-14-12-20(29)13-15-21/h3-16,31H,1-2H3,(H,30,35). The number of para-hydroxylation sites is 1. The van der Waals surface area contributed by atoms with Crippen LogP contribution in [0.2, 0.25) is 10.0 Å². The van der Waals surface area contributed by atoms with Gasteiger partial charge in [-0.2, -0.15) is 0 Å². The smallest absolute Gasteiger partial charge is 0.295 e. The van der Waals surface area contributed by atoms with Crippen LogP contribution < -0.4 is 16.2 Å². The summed E-state index contributed by atoms with van der Waals surface area (Å²) in [6.07, 6.45) is 1.16. The Labute approximate surface area is 217 Å². The predicted molar refractivity (Wildman–Crippen MR) is 143 cm³/mol. The van der Waals surface area contributed by atoms with Crippen LogP contribution in [-0.4, -0.2) is 21.1 Å². The van der Waals surface area contributed by atoms with Crippen molar-refractivity contribution in [2.75, 3.05) is 10.6 Å². The zero-order chi connectivity index (χ0) is 25.8. The monoisotopic (exact) mass is 520 g/mol. The number of ketones is 1. The third kappa shape index (κ3) is 5.43. The maximum Gasteiger partial charge on any atom is 0.295 e. The minimum atomic E-state index is -0.603. The lowest BCUT2D eigenvalue weighted by Crippen LogP contribution is -2.25. The lowest BCUT2D eigenvalue weighted by molar-refractivity contribution is -0.112. The molecule has 0 aliphatic heterocycles. The van der Waals surface area contributed by atoms with Gasteiger partial charge in [-0.1, -0.05) is 41.4 Å². The number of aromatic nitrogens is 2. The number of nitrogens with one attached hydrogen (secondary N) is 2. The van der Waals surface area contributed by atoms with Crippen molar-refractivity contribution in [3.63, 3.8) is 0 Å². The van der Waals surface area contributed by atoms with Crippen molar-refractivity contribution in [2.45, 2.75) is 6.92 Å². The van der Waals surface area contributed by atoms with Crippen molar-refractivity contribution < 1.29 is 9.59 Å². The highest BCUT2D eigenvalue weighted by Gasteiger charge is 2.21. The van der Waals surface area contributed by atoms with E-state index in [9.17, 15) is 14.4 Å². The van der Waals surface area contributed by atoms with Crippen LogP contribution in [0.4, 0.5) is 11.4 Å². The number of hydrogen-bond donors (Lipinski definition) is 2. The molecule has 0 saturated heterocycles. The van der Waals surface area contributed by atoms with Crippen LogP contribution in [0, 0.1) is 6.92 Å². The Morgan fingerprint density at radius 1 is 0.833 bits per heavy atom. The molecule has 9 heteroatoms. The normalized spacial score (nSPS) is 11.3. The number of allylic oxidation sites excluding steroid dienone is 1. The Balaban J connectivity index is 1.74. The molecule has 0 fully saturated rings. The molecule has 0 spiro atoms. The molecule has 0 aliphatic carbocycles. The fourth-order valence-corrected chi connectivity index (χ4v) is 3.82. The maximum absolute atomic E-state index is 13.4. The number of anilines is 2. The Morgan fingerprint density at radius 3 is 2.03 bits per heavy atom. The largest absolute Gasteiger partial charge is 0.345 e. The van der Waals surface area contributed by atoms with Gasteiger partial charge in [-0.25, -0.2) is 4.68 Å². The zero-order valence-corrected chi connectivity index (χ0v) is 21.0. The number of hydrogen-bond acceptors (Lipinski definition) is 4. The topological polar surface area (TPSA) is 85.1 Å². The second-order valence-electron chi connectivity index (χ2n) is 7.95. The number of amides is 1. The van der Waals surface area contributed by atoms with Gasteiger partial charge in [0.15, 0.2) is 5.78 Å². The van der Waals surface area contributed by atoms with E-state index in [0.29, 0.717) is 32.7 Å². The number of rotatable bonds is 7. The summed E-state index contributed by atoms with van der Waals surface area (Å²) in [4.78, 5) is 39.6. The minimum absolute atomic E-state index is 0.101. The van der Waals surface area contributed by atoms with Gasteiger partial charge in [0.1, 0.15) is 11.4 Å². The molecule has 7 nitrogen and oxygen atoms in total. The molecular weight excluding hydrogens is 499 g/mol.